The van der Waals surface area contributed by atoms with Gasteiger partial charge in [0.1, 0.15) is 0 Å². The number of hydrogen-bond donors (Lipinski definition) is 1. The topological polar surface area (TPSA) is 84.1 Å². The van der Waals surface area contributed by atoms with E-state index in [4.69, 9.17) is 5.11 Å². The molecule has 0 unspecified atom stereocenters. The molecule has 0 saturated carbocycles. The van der Waals surface area contributed by atoms with Gasteiger partial charge in [-0.15, -0.1) is 22.6 Å². The molecule has 142 valence electrons. The quantitative estimate of drug-likeness (QED) is 0.710. The Hall–Kier alpha value is -1.99. The van der Waals surface area contributed by atoms with Gasteiger partial charge < -0.3 is 10.0 Å². The number of aliphatic carboxylic acids is 1. The van der Waals surface area contributed by atoms with Crippen LogP contribution in [0.3, 0.4) is 0 Å². The number of nitrogens with zero attached hydrogens (tertiary/aromatic N) is 5. The standard InChI is InChI=1S/C18H25N5O2.ClH/c24-18(25)16-9-13-22(14-10-16)11-5-2-6-12-23-20-17(19-21-23)15-7-3-1-4-8-15;/h1,3-4,7-8,16H,2,5-6,9-14H2,(H,24,25);1H. The number of carboxylic acid groups (broad SMARTS) is 1. The van der Waals surface area contributed by atoms with Gasteiger partial charge in [-0.2, -0.15) is 4.80 Å². The Morgan fingerprint density at radius 2 is 1.77 bits per heavy atom. The second kappa shape index (κ2) is 10.2. The van der Waals surface area contributed by atoms with Crippen molar-refractivity contribution in [3.63, 3.8) is 0 Å². The molecule has 1 aliphatic heterocycles. The fourth-order valence-electron chi connectivity index (χ4n) is 3.21. The molecule has 1 aromatic carbocycles. The van der Waals surface area contributed by atoms with E-state index >= 15 is 0 Å². The molecular formula is C18H26ClN5O2. The van der Waals surface area contributed by atoms with Crippen LogP contribution >= 0.6 is 12.4 Å². The molecule has 26 heavy (non-hydrogen) atoms. The number of rotatable bonds is 8. The SMILES string of the molecule is Cl.O=C(O)C1CCN(CCCCCn2nnc(-c3ccccc3)n2)CC1. The van der Waals surface area contributed by atoms with Crippen molar-refractivity contribution < 1.29 is 9.90 Å². The second-order valence-electron chi connectivity index (χ2n) is 6.59. The van der Waals surface area contributed by atoms with E-state index in [0.29, 0.717) is 5.82 Å². The van der Waals surface area contributed by atoms with Gasteiger partial charge >= 0.3 is 5.97 Å². The van der Waals surface area contributed by atoms with Crippen LogP contribution in [0.15, 0.2) is 30.3 Å². The molecule has 0 bridgehead atoms. The maximum Gasteiger partial charge on any atom is 0.306 e. The van der Waals surface area contributed by atoms with Crippen LogP contribution in [0.4, 0.5) is 0 Å². The average Bonchev–Trinajstić information content (AvgIpc) is 3.11. The Kier molecular flexibility index (Phi) is 8.00. The molecule has 0 atom stereocenters. The first-order chi connectivity index (χ1) is 12.2. The lowest BCUT2D eigenvalue weighted by Gasteiger charge is -2.29. The fourth-order valence-corrected chi connectivity index (χ4v) is 3.21. The molecule has 7 nitrogen and oxygen atoms in total. The molecule has 0 spiro atoms. The number of piperidine rings is 1. The van der Waals surface area contributed by atoms with E-state index in [1.54, 1.807) is 4.80 Å². The number of benzene rings is 1. The first-order valence-corrected chi connectivity index (χ1v) is 9.01. The normalized spacial score (nSPS) is 15.5. The van der Waals surface area contributed by atoms with Gasteiger partial charge in [0, 0.05) is 5.56 Å². The Morgan fingerprint density at radius 3 is 2.46 bits per heavy atom. The van der Waals surface area contributed by atoms with E-state index < -0.39 is 5.97 Å². The third kappa shape index (κ3) is 5.78. The van der Waals surface area contributed by atoms with E-state index in [-0.39, 0.29) is 18.3 Å². The van der Waals surface area contributed by atoms with Crippen molar-refractivity contribution in [3.8, 4) is 11.4 Å². The smallest absolute Gasteiger partial charge is 0.306 e. The molecule has 1 N–H and O–H groups in total. The number of unbranched alkanes of at least 4 members (excludes halogenated alkanes) is 2. The number of aryl methyl sites for hydroxylation is 1. The third-order valence-corrected chi connectivity index (χ3v) is 4.75. The summed E-state index contributed by atoms with van der Waals surface area (Å²) in [5.74, 6) is -0.120. The van der Waals surface area contributed by atoms with Crippen LogP contribution in [-0.4, -0.2) is 55.8 Å². The second-order valence-corrected chi connectivity index (χ2v) is 6.59. The van der Waals surface area contributed by atoms with E-state index in [1.807, 2.05) is 30.3 Å². The Balaban J connectivity index is 0.00000243. The van der Waals surface area contributed by atoms with E-state index in [2.05, 4.69) is 20.3 Å². The lowest BCUT2D eigenvalue weighted by molar-refractivity contribution is -0.143. The molecule has 2 heterocycles. The molecule has 8 heteroatoms. The number of hydrogen-bond acceptors (Lipinski definition) is 5. The van der Waals surface area contributed by atoms with E-state index in [9.17, 15) is 4.79 Å². The average molecular weight is 380 g/mol. The van der Waals surface area contributed by atoms with Crippen LogP contribution in [0.5, 0.6) is 0 Å². The van der Waals surface area contributed by atoms with Crippen molar-refractivity contribution in [1.29, 1.82) is 0 Å². The Labute approximate surface area is 159 Å². The van der Waals surface area contributed by atoms with Gasteiger partial charge in [0.05, 0.1) is 12.5 Å². The summed E-state index contributed by atoms with van der Waals surface area (Å²) >= 11 is 0. The van der Waals surface area contributed by atoms with Gasteiger partial charge in [-0.05, 0) is 50.5 Å². The molecule has 3 rings (SSSR count). The number of carboxylic acids is 1. The summed E-state index contributed by atoms with van der Waals surface area (Å²) in [4.78, 5) is 15.0. The van der Waals surface area contributed by atoms with Gasteiger partial charge in [0.15, 0.2) is 0 Å². The molecule has 0 aliphatic carbocycles. The summed E-state index contributed by atoms with van der Waals surface area (Å²) in [5.41, 5.74) is 0.985. The van der Waals surface area contributed by atoms with Crippen LogP contribution < -0.4 is 0 Å². The van der Waals surface area contributed by atoms with Crippen LogP contribution in [0, 0.1) is 5.92 Å². The predicted molar refractivity (Wildman–Crippen MR) is 101 cm³/mol. The van der Waals surface area contributed by atoms with Gasteiger partial charge in [-0.1, -0.05) is 36.8 Å². The summed E-state index contributed by atoms with van der Waals surface area (Å²) in [6.45, 7) is 3.64. The van der Waals surface area contributed by atoms with Crippen molar-refractivity contribution in [2.24, 2.45) is 5.92 Å². The first-order valence-electron chi connectivity index (χ1n) is 9.01. The number of halogens is 1. The summed E-state index contributed by atoms with van der Waals surface area (Å²) in [6, 6.07) is 9.87. The maximum absolute atomic E-state index is 10.9. The third-order valence-electron chi connectivity index (χ3n) is 4.75. The highest BCUT2D eigenvalue weighted by Crippen LogP contribution is 2.17. The highest BCUT2D eigenvalue weighted by Gasteiger charge is 2.23. The van der Waals surface area contributed by atoms with Crippen molar-refractivity contribution in [3.05, 3.63) is 30.3 Å². The molecule has 1 aliphatic rings. The van der Waals surface area contributed by atoms with Crippen molar-refractivity contribution in [2.75, 3.05) is 19.6 Å². The monoisotopic (exact) mass is 379 g/mol. The highest BCUT2D eigenvalue weighted by molar-refractivity contribution is 5.85. The molecule has 1 saturated heterocycles. The summed E-state index contributed by atoms with van der Waals surface area (Å²) < 4.78 is 0. The number of likely N-dealkylation sites (tertiary alicyclic amines) is 1. The summed E-state index contributed by atoms with van der Waals surface area (Å²) in [6.07, 6.45) is 4.82. The predicted octanol–water partition coefficient (Wildman–Crippen LogP) is 2.73. The van der Waals surface area contributed by atoms with Crippen molar-refractivity contribution in [2.45, 2.75) is 38.6 Å². The Bertz CT molecular complexity index is 671. The lowest BCUT2D eigenvalue weighted by Crippen LogP contribution is -2.36. The van der Waals surface area contributed by atoms with Crippen LogP contribution in [0.2, 0.25) is 0 Å². The number of aromatic nitrogens is 4. The van der Waals surface area contributed by atoms with E-state index in [1.165, 1.54) is 0 Å². The minimum atomic E-state index is -0.644. The van der Waals surface area contributed by atoms with Gasteiger partial charge in [-0.25, -0.2) is 0 Å². The summed E-state index contributed by atoms with van der Waals surface area (Å²) in [7, 11) is 0. The van der Waals surface area contributed by atoms with E-state index in [0.717, 1.165) is 63.8 Å². The minimum Gasteiger partial charge on any atom is -0.481 e. The Morgan fingerprint density at radius 1 is 1.08 bits per heavy atom. The highest BCUT2D eigenvalue weighted by atomic mass is 35.5. The van der Waals surface area contributed by atoms with Crippen LogP contribution in [0.25, 0.3) is 11.4 Å². The first kappa shape index (κ1) is 20.3. The molecule has 0 radical (unpaired) electrons. The molecular weight excluding hydrogens is 354 g/mol. The minimum absolute atomic E-state index is 0. The van der Waals surface area contributed by atoms with Crippen molar-refractivity contribution >= 4 is 18.4 Å². The van der Waals surface area contributed by atoms with Crippen molar-refractivity contribution in [1.82, 2.24) is 25.1 Å². The molecule has 0 amide bonds. The lowest BCUT2D eigenvalue weighted by atomic mass is 9.97. The molecule has 1 aromatic heterocycles. The molecule has 2 aromatic rings. The van der Waals surface area contributed by atoms with Gasteiger partial charge in [0.25, 0.3) is 0 Å². The molecule has 1 fully saturated rings. The zero-order valence-electron chi connectivity index (χ0n) is 14.8. The zero-order chi connectivity index (χ0) is 17.5. The maximum atomic E-state index is 10.9. The number of carbonyl (C=O) groups is 1. The largest absolute Gasteiger partial charge is 0.481 e. The van der Waals surface area contributed by atoms with Gasteiger partial charge in [0.2, 0.25) is 5.82 Å². The van der Waals surface area contributed by atoms with Crippen LogP contribution in [0.1, 0.15) is 32.1 Å². The fraction of sp³-hybridized carbons (Fsp3) is 0.556. The van der Waals surface area contributed by atoms with Crippen LogP contribution in [-0.2, 0) is 11.3 Å². The zero-order valence-corrected chi connectivity index (χ0v) is 15.6. The number of tetrazole rings is 1. The summed E-state index contributed by atoms with van der Waals surface area (Å²) in [5, 5.41) is 21.7. The van der Waals surface area contributed by atoms with Gasteiger partial charge in [-0.3, -0.25) is 4.79 Å².